The first-order valence-electron chi connectivity index (χ1n) is 17.8. The Morgan fingerprint density at radius 1 is 0.490 bits per heavy atom. The van der Waals surface area contributed by atoms with E-state index in [1.807, 2.05) is 0 Å². The van der Waals surface area contributed by atoms with E-state index in [1.165, 1.54) is 77.0 Å². The first-order valence-corrected chi connectivity index (χ1v) is 17.8. The van der Waals surface area contributed by atoms with E-state index in [4.69, 9.17) is 4.98 Å². The molecule has 1 unspecified atom stereocenters. The molecular weight excluding hydrogens is 617 g/mol. The van der Waals surface area contributed by atoms with Gasteiger partial charge >= 0.3 is 0 Å². The maximum absolute atomic E-state index is 5.52. The van der Waals surface area contributed by atoms with Gasteiger partial charge in [0.15, 0.2) is 0 Å². The second-order valence-electron chi connectivity index (χ2n) is 13.9. The van der Waals surface area contributed by atoms with Gasteiger partial charge in [0.05, 0.1) is 16.9 Å². The average Bonchev–Trinajstić information content (AvgIpc) is 3.52. The highest BCUT2D eigenvalue weighted by Gasteiger charge is 2.32. The Morgan fingerprint density at radius 3 is 2.10 bits per heavy atom. The number of aromatic nitrogens is 1. The van der Waals surface area contributed by atoms with Gasteiger partial charge in [-0.2, -0.15) is 0 Å². The van der Waals surface area contributed by atoms with Gasteiger partial charge in [0, 0.05) is 27.8 Å². The molecule has 2 heterocycles. The molecule has 51 heavy (non-hydrogen) atoms. The van der Waals surface area contributed by atoms with Crippen molar-refractivity contribution in [3.05, 3.63) is 192 Å². The largest absolute Gasteiger partial charge is 0.293 e. The quantitative estimate of drug-likeness (QED) is 0.190. The van der Waals surface area contributed by atoms with Crippen molar-refractivity contribution in [1.82, 2.24) is 4.98 Å². The highest BCUT2D eigenvalue weighted by molar-refractivity contribution is 6.19. The summed E-state index contributed by atoms with van der Waals surface area (Å²) in [5.74, 6) is 1.15. The molecule has 0 bridgehead atoms. The number of fused-ring (bicyclic) bond motifs is 8. The van der Waals surface area contributed by atoms with E-state index < -0.39 is 0 Å². The van der Waals surface area contributed by atoms with Crippen molar-refractivity contribution in [2.45, 2.75) is 12.8 Å². The number of rotatable bonds is 3. The lowest BCUT2D eigenvalue weighted by atomic mass is 9.86. The Bertz CT molecular complexity index is 2880. The lowest BCUT2D eigenvalue weighted by molar-refractivity contribution is 1.02. The number of hydrogen-bond donors (Lipinski definition) is 0. The van der Waals surface area contributed by atoms with Gasteiger partial charge in [-0.15, -0.1) is 0 Å². The molecule has 9 aromatic rings. The molecule has 1 aliphatic heterocycles. The monoisotopic (exact) mass is 648 g/mol. The van der Waals surface area contributed by atoms with Gasteiger partial charge in [-0.1, -0.05) is 146 Å². The first-order chi connectivity index (χ1) is 25.2. The highest BCUT2D eigenvalue weighted by atomic mass is 15.2. The Hall–Kier alpha value is -6.51. The van der Waals surface area contributed by atoms with E-state index >= 15 is 0 Å². The molecule has 0 fully saturated rings. The van der Waals surface area contributed by atoms with Gasteiger partial charge in [0.25, 0.3) is 0 Å². The molecule has 0 N–H and O–H groups in total. The van der Waals surface area contributed by atoms with Gasteiger partial charge in [0.1, 0.15) is 5.82 Å². The predicted octanol–water partition coefficient (Wildman–Crippen LogP) is 13.1. The van der Waals surface area contributed by atoms with Crippen molar-refractivity contribution in [2.24, 2.45) is 0 Å². The van der Waals surface area contributed by atoms with E-state index in [-0.39, 0.29) is 5.92 Å². The number of hydrogen-bond acceptors (Lipinski definition) is 2. The number of nitrogens with zero attached hydrogens (tertiary/aromatic N) is 2. The van der Waals surface area contributed by atoms with Crippen LogP contribution in [0.5, 0.6) is 0 Å². The molecule has 1 aromatic heterocycles. The maximum Gasteiger partial charge on any atom is 0.141 e. The van der Waals surface area contributed by atoms with E-state index in [2.05, 4.69) is 182 Å². The van der Waals surface area contributed by atoms with Crippen LogP contribution >= 0.6 is 0 Å². The molecule has 238 valence electrons. The first kappa shape index (κ1) is 28.3. The molecule has 0 saturated carbocycles. The fourth-order valence-electron chi connectivity index (χ4n) is 9.06. The molecular formula is C49H32N2. The zero-order valence-corrected chi connectivity index (χ0v) is 28.1. The summed E-state index contributed by atoms with van der Waals surface area (Å²) in [6.07, 6.45) is 0. The molecule has 1 aliphatic carbocycles. The summed E-state index contributed by atoms with van der Waals surface area (Å²) in [6, 6.07) is 62.3. The summed E-state index contributed by atoms with van der Waals surface area (Å²) < 4.78 is 0. The molecule has 0 saturated heterocycles. The normalized spacial score (nSPS) is 14.1. The van der Waals surface area contributed by atoms with Crippen LogP contribution in [0.2, 0.25) is 0 Å². The van der Waals surface area contributed by atoms with Crippen LogP contribution in [0.25, 0.3) is 65.8 Å². The fourth-order valence-corrected chi connectivity index (χ4v) is 9.06. The van der Waals surface area contributed by atoms with Crippen LogP contribution in [0.3, 0.4) is 0 Å². The van der Waals surface area contributed by atoms with Crippen LogP contribution in [-0.4, -0.2) is 4.98 Å². The lowest BCUT2D eigenvalue weighted by Gasteiger charge is -2.35. The van der Waals surface area contributed by atoms with E-state index in [9.17, 15) is 0 Å². The molecule has 11 rings (SSSR count). The van der Waals surface area contributed by atoms with Crippen molar-refractivity contribution in [3.8, 4) is 33.4 Å². The molecule has 0 radical (unpaired) electrons. The maximum atomic E-state index is 5.52. The lowest BCUT2D eigenvalue weighted by Crippen LogP contribution is -2.18. The molecule has 0 amide bonds. The van der Waals surface area contributed by atoms with E-state index in [0.717, 1.165) is 28.3 Å². The number of para-hydroxylation sites is 1. The number of pyridine rings is 1. The summed E-state index contributed by atoms with van der Waals surface area (Å²) >= 11 is 0. The fraction of sp³-hybridized carbons (Fsp3) is 0.0408. The Labute approximate surface area is 296 Å². The summed E-state index contributed by atoms with van der Waals surface area (Å²) in [4.78, 5) is 7.95. The summed E-state index contributed by atoms with van der Waals surface area (Å²) in [5.41, 5.74) is 16.2. The highest BCUT2D eigenvalue weighted by Crippen LogP contribution is 2.55. The van der Waals surface area contributed by atoms with Gasteiger partial charge in [0.2, 0.25) is 0 Å². The van der Waals surface area contributed by atoms with Crippen molar-refractivity contribution in [2.75, 3.05) is 4.90 Å². The zero-order valence-electron chi connectivity index (χ0n) is 28.1. The Balaban J connectivity index is 1.20. The average molecular weight is 649 g/mol. The topological polar surface area (TPSA) is 16.1 Å². The van der Waals surface area contributed by atoms with Gasteiger partial charge in [-0.05, 0) is 91.9 Å². The number of anilines is 3. The van der Waals surface area contributed by atoms with E-state index in [1.54, 1.807) is 0 Å². The molecule has 8 aromatic carbocycles. The van der Waals surface area contributed by atoms with E-state index in [0.29, 0.717) is 0 Å². The van der Waals surface area contributed by atoms with Crippen LogP contribution in [-0.2, 0) is 0 Å². The second kappa shape index (κ2) is 10.7. The van der Waals surface area contributed by atoms with Gasteiger partial charge in [-0.25, -0.2) is 4.98 Å². The summed E-state index contributed by atoms with van der Waals surface area (Å²) in [6.45, 7) is 2.27. The van der Waals surface area contributed by atoms with Crippen molar-refractivity contribution < 1.29 is 0 Å². The van der Waals surface area contributed by atoms with Crippen molar-refractivity contribution in [3.63, 3.8) is 0 Å². The van der Waals surface area contributed by atoms with Crippen LogP contribution < -0.4 is 4.90 Å². The smallest absolute Gasteiger partial charge is 0.141 e. The van der Waals surface area contributed by atoms with Crippen LogP contribution in [0.1, 0.15) is 28.2 Å². The third kappa shape index (κ3) is 4.02. The van der Waals surface area contributed by atoms with Crippen LogP contribution in [0.15, 0.2) is 170 Å². The van der Waals surface area contributed by atoms with Gasteiger partial charge in [-0.3, -0.25) is 4.90 Å². The van der Waals surface area contributed by atoms with Gasteiger partial charge < -0.3 is 0 Å². The van der Waals surface area contributed by atoms with Crippen molar-refractivity contribution in [1.29, 1.82) is 0 Å². The second-order valence-corrected chi connectivity index (χ2v) is 13.9. The molecule has 1 atom stereocenters. The number of benzene rings is 8. The third-order valence-corrected chi connectivity index (χ3v) is 11.2. The Kier molecular flexibility index (Phi) is 5.97. The van der Waals surface area contributed by atoms with Crippen LogP contribution in [0.4, 0.5) is 17.2 Å². The van der Waals surface area contributed by atoms with Crippen molar-refractivity contribution >= 4 is 49.6 Å². The predicted molar refractivity (Wildman–Crippen MR) is 213 cm³/mol. The standard InChI is InChI=1S/C49H32N2/c1-30-45(34-25-27-37-36-19-7-8-20-38(36)46(41(37)29-34)32-14-3-2-4-15-32)39-21-9-10-23-42(39)50-49(30)51-43-24-12-17-33-16-11-22-40(47(33)43)48-35-18-6-5-13-31(35)26-28-44(48)51/h2-29,46H,1H3. The SMILES string of the molecule is Cc1c(N2c3ccc4ccccc4c3-c3cccc4cccc2c34)nc2ccccc2c1-c1ccc2c(c1)C(c1ccccc1)c1ccccc1-2. The molecule has 0 spiro atoms. The summed E-state index contributed by atoms with van der Waals surface area (Å²) in [5, 5.41) is 6.16. The zero-order chi connectivity index (χ0) is 33.6. The summed E-state index contributed by atoms with van der Waals surface area (Å²) in [7, 11) is 0. The third-order valence-electron chi connectivity index (χ3n) is 11.2. The molecule has 2 nitrogen and oxygen atoms in total. The molecule has 2 aliphatic rings. The molecule has 2 heteroatoms. The van der Waals surface area contributed by atoms with Crippen LogP contribution in [0, 0.1) is 6.92 Å². The minimum absolute atomic E-state index is 0.182. The minimum Gasteiger partial charge on any atom is -0.293 e. The Morgan fingerprint density at radius 2 is 1.20 bits per heavy atom. The minimum atomic E-state index is 0.182.